The molecule has 4 aromatic rings. The molecular formula is C22H23N5O2. The maximum Gasteiger partial charge on any atom is 0.251 e. The first-order chi connectivity index (χ1) is 14.2. The van der Waals surface area contributed by atoms with Crippen molar-refractivity contribution in [3.8, 4) is 11.6 Å². The second kappa shape index (κ2) is 7.08. The molecule has 1 aromatic carbocycles. The molecule has 0 spiro atoms. The molecule has 4 atom stereocenters. The molecule has 7 heteroatoms. The number of imidazole rings is 1. The van der Waals surface area contributed by atoms with Crippen molar-refractivity contribution in [3.05, 3.63) is 49.2 Å². The molecule has 0 saturated carbocycles. The Kier molecular flexibility index (Phi) is 4.39. The first-order valence-corrected chi connectivity index (χ1v) is 10.0. The van der Waals surface area contributed by atoms with E-state index in [2.05, 4.69) is 40.7 Å². The van der Waals surface area contributed by atoms with Crippen molar-refractivity contribution < 1.29 is 9.47 Å². The van der Waals surface area contributed by atoms with E-state index in [1.165, 1.54) is 6.33 Å². The highest BCUT2D eigenvalue weighted by Crippen LogP contribution is 2.41. The molecule has 0 radical (unpaired) electrons. The Morgan fingerprint density at radius 2 is 1.86 bits per heavy atom. The highest BCUT2D eigenvalue weighted by molar-refractivity contribution is 5.85. The van der Waals surface area contributed by atoms with E-state index >= 15 is 0 Å². The van der Waals surface area contributed by atoms with Gasteiger partial charge in [0, 0.05) is 17.5 Å². The third-order valence-electron chi connectivity index (χ3n) is 5.98. The van der Waals surface area contributed by atoms with Gasteiger partial charge in [-0.2, -0.15) is 4.98 Å². The van der Waals surface area contributed by atoms with E-state index in [1.807, 2.05) is 34.9 Å². The third kappa shape index (κ3) is 2.93. The third-order valence-corrected chi connectivity index (χ3v) is 5.98. The lowest BCUT2D eigenvalue weighted by Crippen LogP contribution is -2.15. The highest BCUT2D eigenvalue weighted by Gasteiger charge is 2.39. The molecule has 7 nitrogen and oxygen atoms in total. The summed E-state index contributed by atoms with van der Waals surface area (Å²) in [6.07, 6.45) is 6.18. The van der Waals surface area contributed by atoms with Crippen LogP contribution >= 0.6 is 0 Å². The van der Waals surface area contributed by atoms with Crippen LogP contribution in [0.15, 0.2) is 49.2 Å². The Morgan fingerprint density at radius 1 is 1.00 bits per heavy atom. The van der Waals surface area contributed by atoms with Gasteiger partial charge in [0.15, 0.2) is 16.9 Å². The average molecular weight is 389 g/mol. The fraction of sp³-hybridized carbons (Fsp3) is 0.364. The van der Waals surface area contributed by atoms with Crippen molar-refractivity contribution in [1.29, 1.82) is 0 Å². The molecule has 1 saturated heterocycles. The van der Waals surface area contributed by atoms with Crippen LogP contribution in [-0.4, -0.2) is 30.6 Å². The minimum absolute atomic E-state index is 0.0954. The summed E-state index contributed by atoms with van der Waals surface area (Å²) in [6, 6.07) is 9.74. The molecule has 148 valence electrons. The zero-order valence-electron chi connectivity index (χ0n) is 16.7. The summed E-state index contributed by atoms with van der Waals surface area (Å²) in [4.78, 5) is 17.8. The van der Waals surface area contributed by atoms with Crippen LogP contribution in [0.5, 0.6) is 11.6 Å². The Morgan fingerprint density at radius 3 is 2.69 bits per heavy atom. The lowest BCUT2D eigenvalue weighted by atomic mass is 9.91. The predicted octanol–water partition coefficient (Wildman–Crippen LogP) is 4.75. The van der Waals surface area contributed by atoms with Gasteiger partial charge in [-0.05, 0) is 24.5 Å². The maximum atomic E-state index is 6.32. The molecule has 1 aliphatic heterocycles. The second-order valence-electron chi connectivity index (χ2n) is 7.63. The monoisotopic (exact) mass is 389 g/mol. The standard InChI is InChI=1S/C22H23N5O2/c1-4-16-13(2)14(3)22(29-16)27-12-26-19-20(27)24-11-25-21(19)28-17-9-5-7-15-8-6-10-23-18(15)17/h5-14,16,22H,4H2,1-3H3/t13-,14?,16-,22-/m1/s1. The van der Waals surface area contributed by atoms with Gasteiger partial charge >= 0.3 is 0 Å². The summed E-state index contributed by atoms with van der Waals surface area (Å²) in [5.41, 5.74) is 2.11. The van der Waals surface area contributed by atoms with Gasteiger partial charge in [-0.3, -0.25) is 9.55 Å². The fourth-order valence-corrected chi connectivity index (χ4v) is 4.17. The molecule has 5 rings (SSSR count). The van der Waals surface area contributed by atoms with Gasteiger partial charge in [0.25, 0.3) is 5.88 Å². The average Bonchev–Trinajstić information content (AvgIpc) is 3.30. The summed E-state index contributed by atoms with van der Waals surface area (Å²) in [7, 11) is 0. The maximum absolute atomic E-state index is 6.32. The molecule has 0 amide bonds. The van der Waals surface area contributed by atoms with Gasteiger partial charge in [-0.15, -0.1) is 0 Å². The number of benzene rings is 1. The number of para-hydroxylation sites is 1. The van der Waals surface area contributed by atoms with Crippen LogP contribution < -0.4 is 4.74 Å². The Hall–Kier alpha value is -3.06. The van der Waals surface area contributed by atoms with Crippen LogP contribution in [0.4, 0.5) is 0 Å². The summed E-state index contributed by atoms with van der Waals surface area (Å²) in [5, 5.41) is 1.01. The summed E-state index contributed by atoms with van der Waals surface area (Å²) >= 11 is 0. The van der Waals surface area contributed by atoms with Crippen LogP contribution in [-0.2, 0) is 4.74 Å². The minimum Gasteiger partial charge on any atom is -0.435 e. The van der Waals surface area contributed by atoms with Crippen LogP contribution in [0.25, 0.3) is 22.1 Å². The van der Waals surface area contributed by atoms with Crippen molar-refractivity contribution in [2.75, 3.05) is 0 Å². The number of pyridine rings is 1. The van der Waals surface area contributed by atoms with Gasteiger partial charge < -0.3 is 9.47 Å². The Balaban J connectivity index is 1.54. The van der Waals surface area contributed by atoms with Crippen LogP contribution in [0, 0.1) is 11.8 Å². The number of aromatic nitrogens is 5. The molecule has 3 aromatic heterocycles. The number of hydrogen-bond acceptors (Lipinski definition) is 6. The minimum atomic E-state index is -0.0954. The molecule has 1 unspecified atom stereocenters. The zero-order valence-corrected chi connectivity index (χ0v) is 16.7. The fourth-order valence-electron chi connectivity index (χ4n) is 4.17. The van der Waals surface area contributed by atoms with Crippen molar-refractivity contribution in [2.24, 2.45) is 11.8 Å². The second-order valence-corrected chi connectivity index (χ2v) is 7.63. The number of ether oxygens (including phenoxy) is 2. The first kappa shape index (κ1) is 18.0. The number of rotatable bonds is 4. The smallest absolute Gasteiger partial charge is 0.251 e. The van der Waals surface area contributed by atoms with Crippen molar-refractivity contribution >= 4 is 22.1 Å². The Labute approximate surface area is 168 Å². The summed E-state index contributed by atoms with van der Waals surface area (Å²) < 4.78 is 14.5. The van der Waals surface area contributed by atoms with E-state index in [9.17, 15) is 0 Å². The van der Waals surface area contributed by atoms with E-state index in [4.69, 9.17) is 9.47 Å². The van der Waals surface area contributed by atoms with Crippen molar-refractivity contribution in [3.63, 3.8) is 0 Å². The molecule has 1 fully saturated rings. The summed E-state index contributed by atoms with van der Waals surface area (Å²) in [5.74, 6) is 1.89. The quantitative estimate of drug-likeness (QED) is 0.501. The van der Waals surface area contributed by atoms with E-state index in [0.717, 1.165) is 17.3 Å². The molecule has 0 aliphatic carbocycles. The normalized spacial score (nSPS) is 24.4. The van der Waals surface area contributed by atoms with Gasteiger partial charge in [-0.25, -0.2) is 9.97 Å². The first-order valence-electron chi connectivity index (χ1n) is 10.0. The van der Waals surface area contributed by atoms with Crippen LogP contribution in [0.3, 0.4) is 0 Å². The number of nitrogens with zero attached hydrogens (tertiary/aromatic N) is 5. The molecule has 29 heavy (non-hydrogen) atoms. The lowest BCUT2D eigenvalue weighted by molar-refractivity contribution is -0.0120. The highest BCUT2D eigenvalue weighted by atomic mass is 16.5. The topological polar surface area (TPSA) is 75.0 Å². The lowest BCUT2D eigenvalue weighted by Gasteiger charge is -2.18. The number of fused-ring (bicyclic) bond motifs is 2. The van der Waals surface area contributed by atoms with E-state index in [-0.39, 0.29) is 12.3 Å². The largest absolute Gasteiger partial charge is 0.435 e. The predicted molar refractivity (Wildman–Crippen MR) is 110 cm³/mol. The molecular weight excluding hydrogens is 366 g/mol. The summed E-state index contributed by atoms with van der Waals surface area (Å²) in [6.45, 7) is 6.63. The van der Waals surface area contributed by atoms with Gasteiger partial charge in [0.1, 0.15) is 18.1 Å². The van der Waals surface area contributed by atoms with Gasteiger partial charge in [0.05, 0.1) is 12.4 Å². The van der Waals surface area contributed by atoms with Crippen LogP contribution in [0.2, 0.25) is 0 Å². The van der Waals surface area contributed by atoms with E-state index < -0.39 is 0 Å². The molecule has 0 bridgehead atoms. The van der Waals surface area contributed by atoms with E-state index in [0.29, 0.717) is 34.6 Å². The van der Waals surface area contributed by atoms with Crippen molar-refractivity contribution in [1.82, 2.24) is 24.5 Å². The van der Waals surface area contributed by atoms with Gasteiger partial charge in [-0.1, -0.05) is 39.0 Å². The Bertz CT molecular complexity index is 1170. The number of hydrogen-bond donors (Lipinski definition) is 0. The van der Waals surface area contributed by atoms with E-state index in [1.54, 1.807) is 12.5 Å². The molecule has 0 N–H and O–H groups in total. The van der Waals surface area contributed by atoms with Gasteiger partial charge in [0.2, 0.25) is 0 Å². The SMILES string of the molecule is CC[C@H]1O[C@@H](n2cnc3c(Oc4cccc5cccnc45)ncnc32)C(C)[C@H]1C. The zero-order chi connectivity index (χ0) is 20.0. The van der Waals surface area contributed by atoms with Crippen molar-refractivity contribution in [2.45, 2.75) is 39.5 Å². The molecule has 4 heterocycles. The molecule has 1 aliphatic rings. The van der Waals surface area contributed by atoms with Crippen LogP contribution in [0.1, 0.15) is 33.4 Å².